The van der Waals surface area contributed by atoms with E-state index in [1.165, 1.54) is 16.4 Å². The van der Waals surface area contributed by atoms with Gasteiger partial charge in [-0.05, 0) is 54.8 Å². The summed E-state index contributed by atoms with van der Waals surface area (Å²) in [7, 11) is -3.75. The number of piperidine rings is 1. The van der Waals surface area contributed by atoms with E-state index < -0.39 is 21.8 Å². The van der Waals surface area contributed by atoms with Crippen LogP contribution in [0.25, 0.3) is 0 Å². The van der Waals surface area contributed by atoms with E-state index in [-0.39, 0.29) is 17.3 Å². The molecule has 0 saturated carbocycles. The Hall–Kier alpha value is -1.32. The largest absolute Gasteiger partial charge is 0.355 e. The molecule has 5 nitrogen and oxygen atoms in total. The Morgan fingerprint density at radius 1 is 1.16 bits per heavy atom. The third-order valence-corrected chi connectivity index (χ3v) is 8.65. The molecular weight excluding hydrogens is 482 g/mol. The van der Waals surface area contributed by atoms with Gasteiger partial charge in [0, 0.05) is 31.1 Å². The average Bonchev–Trinajstić information content (AvgIpc) is 2.76. The van der Waals surface area contributed by atoms with Crippen molar-refractivity contribution in [1.82, 2.24) is 9.62 Å². The quantitative estimate of drug-likeness (QED) is 0.534. The molecule has 168 valence electrons. The molecule has 1 saturated heterocycles. The zero-order valence-corrected chi connectivity index (χ0v) is 19.8. The zero-order valence-electron chi connectivity index (χ0n) is 16.7. The third-order valence-electron chi connectivity index (χ3n) is 5.00. The number of benzene rings is 2. The molecule has 1 N–H and O–H groups in total. The second-order valence-corrected chi connectivity index (χ2v) is 11.1. The van der Waals surface area contributed by atoms with E-state index in [0.29, 0.717) is 36.0 Å². The number of rotatable bonds is 8. The second-order valence-electron chi connectivity index (χ2n) is 7.25. The number of halogens is 3. The van der Waals surface area contributed by atoms with Crippen molar-refractivity contribution in [3.05, 3.63) is 63.9 Å². The predicted molar refractivity (Wildman–Crippen MR) is 124 cm³/mol. The highest BCUT2D eigenvalue weighted by Gasteiger charge is 2.33. The van der Waals surface area contributed by atoms with Gasteiger partial charge in [0.05, 0.1) is 20.9 Å². The van der Waals surface area contributed by atoms with Gasteiger partial charge in [0.15, 0.2) is 0 Å². The molecule has 0 radical (unpaired) electrons. The Labute approximate surface area is 196 Å². The fraction of sp³-hybridized carbons (Fsp3) is 0.381. The van der Waals surface area contributed by atoms with E-state index in [0.717, 1.165) is 29.2 Å². The maximum Gasteiger partial charge on any atom is 0.243 e. The first-order valence-corrected chi connectivity index (χ1v) is 13.2. The smallest absolute Gasteiger partial charge is 0.243 e. The van der Waals surface area contributed by atoms with Gasteiger partial charge in [-0.25, -0.2) is 12.8 Å². The maximum atomic E-state index is 13.1. The number of carbonyl (C=O) groups is 1. The minimum Gasteiger partial charge on any atom is -0.355 e. The molecule has 31 heavy (non-hydrogen) atoms. The molecule has 0 unspecified atom stereocenters. The molecule has 0 spiro atoms. The van der Waals surface area contributed by atoms with E-state index in [1.807, 2.05) is 12.1 Å². The molecule has 1 atom stereocenters. The lowest BCUT2D eigenvalue weighted by Crippen LogP contribution is -2.45. The highest BCUT2D eigenvalue weighted by atomic mass is 35.5. The molecule has 10 heteroatoms. The zero-order chi connectivity index (χ0) is 22.4. The van der Waals surface area contributed by atoms with Gasteiger partial charge in [-0.3, -0.25) is 4.79 Å². The van der Waals surface area contributed by atoms with Crippen molar-refractivity contribution in [2.45, 2.75) is 23.5 Å². The standard InChI is InChI=1S/C21H23Cl2FN2O3S2/c22-19-8-3-15(12-20(19)23)14-30-11-9-25-21(27)16-2-1-10-26(13-16)31(28,29)18-6-4-17(24)5-7-18/h3-8,12,16H,1-2,9-11,13-14H2,(H,25,27)/t16-/m0/s1. The SMILES string of the molecule is O=C(NCCSCc1ccc(Cl)c(Cl)c1)[C@H]1CCCN(S(=O)(=O)c2ccc(F)cc2)C1. The van der Waals surface area contributed by atoms with Crippen molar-refractivity contribution < 1.29 is 17.6 Å². The summed E-state index contributed by atoms with van der Waals surface area (Å²) in [4.78, 5) is 12.6. The van der Waals surface area contributed by atoms with E-state index in [9.17, 15) is 17.6 Å². The molecular formula is C21H23Cl2FN2O3S2. The van der Waals surface area contributed by atoms with Gasteiger partial charge >= 0.3 is 0 Å². The molecule has 1 fully saturated rings. The Morgan fingerprint density at radius 2 is 1.90 bits per heavy atom. The van der Waals surface area contributed by atoms with Gasteiger partial charge in [0.25, 0.3) is 0 Å². The van der Waals surface area contributed by atoms with E-state index in [2.05, 4.69) is 5.32 Å². The highest BCUT2D eigenvalue weighted by Crippen LogP contribution is 2.25. The van der Waals surface area contributed by atoms with Crippen LogP contribution < -0.4 is 5.32 Å². The molecule has 0 bridgehead atoms. The first kappa shape index (κ1) is 24.3. The van der Waals surface area contributed by atoms with Crippen LogP contribution in [0.4, 0.5) is 4.39 Å². The van der Waals surface area contributed by atoms with Crippen LogP contribution in [0.15, 0.2) is 47.4 Å². The average molecular weight is 505 g/mol. The number of hydrogen-bond acceptors (Lipinski definition) is 4. The van der Waals surface area contributed by atoms with Crippen molar-refractivity contribution in [3.63, 3.8) is 0 Å². The number of hydrogen-bond donors (Lipinski definition) is 1. The second kappa shape index (κ2) is 11.0. The molecule has 0 aliphatic carbocycles. The molecule has 2 aromatic carbocycles. The molecule has 1 amide bonds. The fourth-order valence-electron chi connectivity index (χ4n) is 3.34. The Morgan fingerprint density at radius 3 is 2.61 bits per heavy atom. The van der Waals surface area contributed by atoms with Crippen LogP contribution in [0.3, 0.4) is 0 Å². The lowest BCUT2D eigenvalue weighted by Gasteiger charge is -2.31. The van der Waals surface area contributed by atoms with Gasteiger partial charge in [-0.1, -0.05) is 29.3 Å². The molecule has 0 aromatic heterocycles. The summed E-state index contributed by atoms with van der Waals surface area (Å²) in [5.41, 5.74) is 1.06. The van der Waals surface area contributed by atoms with E-state index >= 15 is 0 Å². The lowest BCUT2D eigenvalue weighted by atomic mass is 9.99. The minimum absolute atomic E-state index is 0.0358. The van der Waals surface area contributed by atoms with Crippen LogP contribution in [0.5, 0.6) is 0 Å². The van der Waals surface area contributed by atoms with Crippen LogP contribution >= 0.6 is 35.0 Å². The van der Waals surface area contributed by atoms with Crippen LogP contribution in [-0.2, 0) is 20.6 Å². The van der Waals surface area contributed by atoms with Gasteiger partial charge in [0.1, 0.15) is 5.82 Å². The summed E-state index contributed by atoms with van der Waals surface area (Å²) in [5.74, 6) is 0.431. The summed E-state index contributed by atoms with van der Waals surface area (Å²) in [5, 5.41) is 3.94. The molecule has 2 aromatic rings. The first-order valence-electron chi connectivity index (χ1n) is 9.82. The Kier molecular flexibility index (Phi) is 8.64. The molecule has 3 rings (SSSR count). The van der Waals surface area contributed by atoms with Crippen LogP contribution in [0.2, 0.25) is 10.0 Å². The Balaban J connectivity index is 1.46. The number of amides is 1. The number of nitrogens with zero attached hydrogens (tertiary/aromatic N) is 1. The van der Waals surface area contributed by atoms with Crippen molar-refractivity contribution >= 4 is 50.9 Å². The van der Waals surface area contributed by atoms with Crippen molar-refractivity contribution in [3.8, 4) is 0 Å². The van der Waals surface area contributed by atoms with E-state index in [1.54, 1.807) is 17.8 Å². The summed E-state index contributed by atoms with van der Waals surface area (Å²) in [6.45, 7) is 0.969. The van der Waals surface area contributed by atoms with Crippen molar-refractivity contribution in [2.24, 2.45) is 5.92 Å². The van der Waals surface area contributed by atoms with Gasteiger partial charge in [-0.2, -0.15) is 16.1 Å². The lowest BCUT2D eigenvalue weighted by molar-refractivity contribution is -0.125. The first-order chi connectivity index (χ1) is 14.8. The number of nitrogens with one attached hydrogen (secondary N) is 1. The minimum atomic E-state index is -3.75. The summed E-state index contributed by atoms with van der Waals surface area (Å²) in [6, 6.07) is 10.2. The molecule has 1 aliphatic heterocycles. The van der Waals surface area contributed by atoms with Gasteiger partial charge in [0.2, 0.25) is 15.9 Å². The van der Waals surface area contributed by atoms with Crippen molar-refractivity contribution in [2.75, 3.05) is 25.4 Å². The molecule has 1 aliphatic rings. The van der Waals surface area contributed by atoms with Gasteiger partial charge < -0.3 is 5.32 Å². The molecule has 1 heterocycles. The number of sulfonamides is 1. The summed E-state index contributed by atoms with van der Waals surface area (Å²) >= 11 is 13.6. The monoisotopic (exact) mass is 504 g/mol. The third kappa shape index (κ3) is 6.58. The normalized spacial score (nSPS) is 17.5. The van der Waals surface area contributed by atoms with Crippen molar-refractivity contribution in [1.29, 1.82) is 0 Å². The van der Waals surface area contributed by atoms with Crippen LogP contribution in [0, 0.1) is 11.7 Å². The van der Waals surface area contributed by atoms with E-state index in [4.69, 9.17) is 23.2 Å². The predicted octanol–water partition coefficient (Wildman–Crippen LogP) is 4.58. The number of thioether (sulfide) groups is 1. The topological polar surface area (TPSA) is 66.5 Å². The summed E-state index contributed by atoms with van der Waals surface area (Å²) < 4.78 is 40.0. The van der Waals surface area contributed by atoms with Crippen LogP contribution in [-0.4, -0.2) is 44.0 Å². The fourth-order valence-corrected chi connectivity index (χ4v) is 5.99. The maximum absolute atomic E-state index is 13.1. The summed E-state index contributed by atoms with van der Waals surface area (Å²) in [6.07, 6.45) is 1.24. The Bertz CT molecular complexity index is 1020. The highest BCUT2D eigenvalue weighted by molar-refractivity contribution is 7.98. The van der Waals surface area contributed by atoms with Gasteiger partial charge in [-0.15, -0.1) is 0 Å². The van der Waals surface area contributed by atoms with Crippen LogP contribution in [0.1, 0.15) is 18.4 Å². The number of carbonyl (C=O) groups excluding carboxylic acids is 1.